The third-order valence-electron chi connectivity index (χ3n) is 14.2. The molecule has 4 heterocycles. The van der Waals surface area contributed by atoms with Crippen LogP contribution in [-0.4, -0.2) is 73.1 Å². The van der Waals surface area contributed by atoms with Gasteiger partial charge in [-0.2, -0.15) is 0 Å². The summed E-state index contributed by atoms with van der Waals surface area (Å²) >= 11 is 3.25. The fourth-order valence-corrected chi connectivity index (χ4v) is 12.2. The average molecular weight is 1060 g/mol. The zero-order valence-corrected chi connectivity index (χ0v) is 45.2. The number of esters is 2. The Bertz CT molecular complexity index is 3490. The van der Waals surface area contributed by atoms with E-state index in [4.69, 9.17) is 14.5 Å². The number of benzene rings is 4. The minimum Gasteiger partial charge on any atom is -0.465 e. The summed E-state index contributed by atoms with van der Waals surface area (Å²) in [5.41, 5.74) is 10.0. The molecule has 19 heteroatoms. The largest absolute Gasteiger partial charge is 0.488 e. The summed E-state index contributed by atoms with van der Waals surface area (Å²) in [4.78, 5) is 67.2. The monoisotopic (exact) mass is 1060 g/mol. The van der Waals surface area contributed by atoms with Crippen LogP contribution in [0.4, 0.5) is 11.4 Å². The first-order valence-electron chi connectivity index (χ1n) is 25.3. The van der Waals surface area contributed by atoms with Gasteiger partial charge < -0.3 is 19.5 Å². The number of nitro benzene ring substituents is 2. The summed E-state index contributed by atoms with van der Waals surface area (Å²) in [6.45, 7) is 9.70. The van der Waals surface area contributed by atoms with Gasteiger partial charge in [0.1, 0.15) is 0 Å². The van der Waals surface area contributed by atoms with Gasteiger partial charge >= 0.3 is 19.1 Å². The van der Waals surface area contributed by atoms with Crippen molar-refractivity contribution < 1.29 is 39.0 Å². The van der Waals surface area contributed by atoms with E-state index in [2.05, 4.69) is 15.0 Å². The first kappa shape index (κ1) is 54.9. The second-order valence-electron chi connectivity index (χ2n) is 19.3. The molecule has 10 rings (SSSR count). The second kappa shape index (κ2) is 24.1. The van der Waals surface area contributed by atoms with E-state index in [9.17, 15) is 39.9 Å². The van der Waals surface area contributed by atoms with Crippen molar-refractivity contribution in [2.45, 2.75) is 111 Å². The van der Waals surface area contributed by atoms with Crippen LogP contribution in [0.3, 0.4) is 0 Å². The Kier molecular flexibility index (Phi) is 17.4. The minimum atomic E-state index is -1.45. The highest BCUT2D eigenvalue weighted by Gasteiger charge is 2.30. The third kappa shape index (κ3) is 12.3. The molecule has 392 valence electrons. The Balaban J connectivity index is 0.000000163. The van der Waals surface area contributed by atoms with Gasteiger partial charge in [-0.1, -0.05) is 68.9 Å². The van der Waals surface area contributed by atoms with Gasteiger partial charge in [-0.3, -0.25) is 20.2 Å². The van der Waals surface area contributed by atoms with Crippen molar-refractivity contribution in [2.75, 3.05) is 14.2 Å². The molecule has 0 amide bonds. The Hall–Kier alpha value is -7.32. The van der Waals surface area contributed by atoms with Crippen LogP contribution in [-0.2, 0) is 9.47 Å². The molecule has 0 bridgehead atoms. The molecule has 76 heavy (non-hydrogen) atoms. The van der Waals surface area contributed by atoms with E-state index in [1.165, 1.54) is 32.8 Å². The summed E-state index contributed by atoms with van der Waals surface area (Å²) in [5.74, 6) is -0.617. The molecule has 2 fully saturated rings. The molecule has 2 saturated carbocycles. The lowest BCUT2D eigenvalue weighted by Gasteiger charge is -2.25. The van der Waals surface area contributed by atoms with Gasteiger partial charge in [-0.15, -0.1) is 22.7 Å². The van der Waals surface area contributed by atoms with Crippen molar-refractivity contribution in [1.29, 1.82) is 0 Å². The Morgan fingerprint density at radius 3 is 1.50 bits per heavy atom. The molecule has 0 spiro atoms. The standard InChI is InChI=1S/C28H27N3O4S.C15H19NO4.C14H13BN2O2S/c1-16-27(36-17(2)29-16)24-12-9-19-13-20(10-11-23(19)30-24)26-22(18-7-5-4-6-8-18)14-21(28(32)35-3)15-25(26)31(33)34;1-10-13(11-6-4-3-5-7-11)8-12(15(17)20-2)9-14(10)16(18)19;1-8-14(20-9(2)16-8)13-5-3-10-7-11(15(18)19)4-6-12(10)17-13/h9-15,18H,4-8H2,1-3H3;8-9,11H,3-7H2,1-2H3;3-7,18-19H,1-2H3. The molecular weight excluding hydrogens is 1000 g/mol. The van der Waals surface area contributed by atoms with Crippen molar-refractivity contribution >= 4 is 80.4 Å². The van der Waals surface area contributed by atoms with Crippen LogP contribution in [0.1, 0.15) is 135 Å². The lowest BCUT2D eigenvalue weighted by molar-refractivity contribution is -0.385. The zero-order valence-electron chi connectivity index (χ0n) is 43.5. The third-order valence-corrected chi connectivity index (χ3v) is 16.3. The van der Waals surface area contributed by atoms with Crippen molar-refractivity contribution in [3.8, 4) is 32.3 Å². The number of pyridine rings is 2. The number of ether oxygens (including phenoxy) is 2. The highest BCUT2D eigenvalue weighted by atomic mass is 32.1. The van der Waals surface area contributed by atoms with Crippen molar-refractivity contribution in [3.63, 3.8) is 0 Å². The van der Waals surface area contributed by atoms with E-state index >= 15 is 0 Å². The molecular formula is C57H59BN6O10S2. The predicted molar refractivity (Wildman–Crippen MR) is 299 cm³/mol. The number of methoxy groups -OCH3 is 2. The molecule has 4 aromatic heterocycles. The topological polar surface area (TPSA) is 231 Å². The molecule has 0 aliphatic heterocycles. The lowest BCUT2D eigenvalue weighted by Crippen LogP contribution is -2.29. The number of hydrogen-bond donors (Lipinski definition) is 2. The molecule has 0 unspecified atom stereocenters. The van der Waals surface area contributed by atoms with Gasteiger partial charge in [-0.05, 0) is 142 Å². The van der Waals surface area contributed by atoms with Gasteiger partial charge in [0.05, 0.1) is 94.3 Å². The lowest BCUT2D eigenvalue weighted by atomic mass is 9.79. The number of aromatic nitrogens is 4. The quantitative estimate of drug-likeness (QED) is 0.0562. The van der Waals surface area contributed by atoms with E-state index in [1.807, 2.05) is 70.2 Å². The number of fused-ring (bicyclic) bond motifs is 2. The van der Waals surface area contributed by atoms with Gasteiger partial charge in [0, 0.05) is 23.1 Å². The van der Waals surface area contributed by atoms with E-state index in [0.29, 0.717) is 22.5 Å². The van der Waals surface area contributed by atoms with Crippen molar-refractivity contribution in [1.82, 2.24) is 19.9 Å². The van der Waals surface area contributed by atoms with Crippen LogP contribution in [0.15, 0.2) is 84.9 Å². The Morgan fingerprint density at radius 1 is 0.579 bits per heavy atom. The minimum absolute atomic E-state index is 0.00785. The van der Waals surface area contributed by atoms with Crippen LogP contribution in [0.5, 0.6) is 0 Å². The molecule has 2 aliphatic carbocycles. The maximum Gasteiger partial charge on any atom is 0.488 e. The smallest absolute Gasteiger partial charge is 0.465 e. The number of carbonyl (C=O) groups is 2. The molecule has 16 nitrogen and oxygen atoms in total. The van der Waals surface area contributed by atoms with Crippen molar-refractivity contribution in [2.24, 2.45) is 0 Å². The van der Waals surface area contributed by atoms with Gasteiger partial charge in [0.2, 0.25) is 0 Å². The number of rotatable bonds is 10. The number of thiazole rings is 2. The van der Waals surface area contributed by atoms with Crippen LogP contribution in [0.2, 0.25) is 0 Å². The van der Waals surface area contributed by atoms with Crippen molar-refractivity contribution in [3.05, 3.63) is 154 Å². The van der Waals surface area contributed by atoms with Gasteiger partial charge in [0.15, 0.2) is 0 Å². The van der Waals surface area contributed by atoms with Crippen LogP contribution >= 0.6 is 22.7 Å². The molecule has 0 saturated heterocycles. The molecule has 8 aromatic rings. The Morgan fingerprint density at radius 2 is 1.04 bits per heavy atom. The maximum atomic E-state index is 12.4. The molecule has 0 atom stereocenters. The summed E-state index contributed by atoms with van der Waals surface area (Å²) in [5, 5.41) is 45.6. The zero-order chi connectivity index (χ0) is 54.4. The van der Waals surface area contributed by atoms with E-state index < -0.39 is 28.9 Å². The SMILES string of the molecule is COC(=O)c1cc(C2CCCCC2)c(-c2ccc3nc(-c4sc(C)nc4C)ccc3c2)c([N+](=O)[O-])c1.COC(=O)c1cc(C2CCCCC2)c(C)c([N+](=O)[O-])c1.Cc1nc(C)c(-c2ccc3cc(B(O)O)ccc3n2)s1. The number of hydrogen-bond acceptors (Lipinski definition) is 16. The Labute approximate surface area is 448 Å². The van der Waals surface area contributed by atoms with E-state index in [-0.39, 0.29) is 28.4 Å². The predicted octanol–water partition coefficient (Wildman–Crippen LogP) is 12.8. The van der Waals surface area contributed by atoms with Crippen LogP contribution in [0, 0.1) is 54.8 Å². The number of aryl methyl sites for hydroxylation is 4. The molecule has 0 radical (unpaired) electrons. The summed E-state index contributed by atoms with van der Waals surface area (Å²) in [6, 6.07) is 25.1. The van der Waals surface area contributed by atoms with Gasteiger partial charge in [0.25, 0.3) is 11.4 Å². The van der Waals surface area contributed by atoms with Crippen LogP contribution < -0.4 is 5.46 Å². The van der Waals surface area contributed by atoms with Crippen LogP contribution in [0.25, 0.3) is 54.1 Å². The summed E-state index contributed by atoms with van der Waals surface area (Å²) in [7, 11) is 1.13. The van der Waals surface area contributed by atoms with E-state index in [0.717, 1.165) is 139 Å². The maximum absolute atomic E-state index is 12.4. The average Bonchev–Trinajstić information content (AvgIpc) is 4.00. The normalized spacial score (nSPS) is 13.8. The first-order valence-corrected chi connectivity index (χ1v) is 26.9. The fourth-order valence-electron chi connectivity index (χ4n) is 10.4. The molecule has 2 N–H and O–H groups in total. The first-order chi connectivity index (χ1) is 36.4. The highest BCUT2D eigenvalue weighted by molar-refractivity contribution is 7.15. The summed E-state index contributed by atoms with van der Waals surface area (Å²) < 4.78 is 9.59. The number of nitro groups is 2. The van der Waals surface area contributed by atoms with Gasteiger partial charge in [-0.25, -0.2) is 29.5 Å². The highest BCUT2D eigenvalue weighted by Crippen LogP contribution is 2.44. The number of nitrogens with zero attached hydrogens (tertiary/aromatic N) is 6. The fraction of sp³-hybridized carbons (Fsp3) is 0.333. The summed E-state index contributed by atoms with van der Waals surface area (Å²) in [6.07, 6.45) is 10.7. The second-order valence-corrected chi connectivity index (χ2v) is 21.7. The molecule has 2 aliphatic rings. The molecule has 4 aromatic carbocycles. The van der Waals surface area contributed by atoms with E-state index in [1.54, 1.807) is 59.9 Å². The number of carbonyl (C=O) groups excluding carboxylic acids is 2.